The largest absolute Gasteiger partial charge is 0.493 e. The lowest BCUT2D eigenvalue weighted by Gasteiger charge is -2.36. The van der Waals surface area contributed by atoms with E-state index in [4.69, 9.17) is 16.3 Å². The molecule has 0 radical (unpaired) electrons. The molecular formula is C21H26ClNO3S. The number of benzene rings is 2. The molecule has 3 atom stereocenters. The molecule has 0 aliphatic carbocycles. The molecular weight excluding hydrogens is 382 g/mol. The van der Waals surface area contributed by atoms with Crippen LogP contribution in [0.3, 0.4) is 0 Å². The van der Waals surface area contributed by atoms with Crippen LogP contribution in [0.2, 0.25) is 5.02 Å². The second-order valence-electron chi connectivity index (χ2n) is 7.03. The van der Waals surface area contributed by atoms with Gasteiger partial charge in [-0.1, -0.05) is 23.7 Å². The summed E-state index contributed by atoms with van der Waals surface area (Å²) >= 11 is 6.05. The van der Waals surface area contributed by atoms with Gasteiger partial charge in [0.05, 0.1) is 12.7 Å². The molecule has 1 saturated heterocycles. The number of likely N-dealkylation sites (tertiary alicyclic amines) is 1. The van der Waals surface area contributed by atoms with Gasteiger partial charge in [-0.2, -0.15) is 0 Å². The van der Waals surface area contributed by atoms with E-state index in [-0.39, 0.29) is 12.0 Å². The van der Waals surface area contributed by atoms with E-state index < -0.39 is 10.8 Å². The van der Waals surface area contributed by atoms with Crippen LogP contribution in [0.1, 0.15) is 12.0 Å². The van der Waals surface area contributed by atoms with Crippen molar-refractivity contribution in [1.82, 2.24) is 4.90 Å². The molecule has 1 aliphatic heterocycles. The summed E-state index contributed by atoms with van der Waals surface area (Å²) in [6, 6.07) is 15.3. The smallest absolute Gasteiger partial charge is 0.119 e. The van der Waals surface area contributed by atoms with Crippen LogP contribution in [0.4, 0.5) is 0 Å². The van der Waals surface area contributed by atoms with Gasteiger partial charge in [-0.15, -0.1) is 0 Å². The number of ether oxygens (including phenoxy) is 1. The van der Waals surface area contributed by atoms with Crippen molar-refractivity contribution in [1.29, 1.82) is 0 Å². The number of rotatable bonds is 7. The van der Waals surface area contributed by atoms with Crippen LogP contribution in [-0.4, -0.2) is 52.8 Å². The molecule has 2 aromatic rings. The second-order valence-corrected chi connectivity index (χ2v) is 8.85. The molecule has 3 rings (SSSR count). The molecule has 0 spiro atoms. The first-order valence-electron chi connectivity index (χ1n) is 9.22. The van der Waals surface area contributed by atoms with Gasteiger partial charge in [0.2, 0.25) is 0 Å². The van der Waals surface area contributed by atoms with Crippen molar-refractivity contribution >= 4 is 22.4 Å². The molecule has 2 aromatic carbocycles. The van der Waals surface area contributed by atoms with Crippen molar-refractivity contribution in [2.75, 3.05) is 32.5 Å². The first-order chi connectivity index (χ1) is 13.0. The maximum absolute atomic E-state index is 11.4. The van der Waals surface area contributed by atoms with E-state index in [9.17, 15) is 9.32 Å². The Balaban J connectivity index is 1.50. The van der Waals surface area contributed by atoms with E-state index in [1.54, 1.807) is 6.26 Å². The molecule has 1 heterocycles. The average Bonchev–Trinajstić information content (AvgIpc) is 2.66. The van der Waals surface area contributed by atoms with Gasteiger partial charge in [0.15, 0.2) is 0 Å². The zero-order chi connectivity index (χ0) is 19.2. The predicted octanol–water partition coefficient (Wildman–Crippen LogP) is 3.38. The van der Waals surface area contributed by atoms with Crippen LogP contribution >= 0.6 is 11.6 Å². The topological polar surface area (TPSA) is 49.8 Å². The summed E-state index contributed by atoms with van der Waals surface area (Å²) in [6.07, 6.45) is 3.03. The van der Waals surface area contributed by atoms with Gasteiger partial charge >= 0.3 is 0 Å². The van der Waals surface area contributed by atoms with Crippen LogP contribution in [0.5, 0.6) is 5.75 Å². The Morgan fingerprint density at radius 2 is 2.04 bits per heavy atom. The normalized spacial score (nSPS) is 21.7. The molecule has 27 heavy (non-hydrogen) atoms. The number of aliphatic hydroxyl groups is 1. The highest BCUT2D eigenvalue weighted by atomic mass is 35.5. The number of hydrogen-bond donors (Lipinski definition) is 1. The lowest BCUT2D eigenvalue weighted by molar-refractivity contribution is 0.00592. The van der Waals surface area contributed by atoms with E-state index in [2.05, 4.69) is 11.0 Å². The Hall–Kier alpha value is -1.40. The summed E-state index contributed by atoms with van der Waals surface area (Å²) < 4.78 is 17.3. The number of halogens is 1. The van der Waals surface area contributed by atoms with Gasteiger partial charge in [0.25, 0.3) is 0 Å². The molecule has 0 saturated carbocycles. The molecule has 6 heteroatoms. The van der Waals surface area contributed by atoms with Crippen molar-refractivity contribution in [2.24, 2.45) is 5.92 Å². The molecule has 1 fully saturated rings. The molecule has 1 aliphatic rings. The Kier molecular flexibility index (Phi) is 7.30. The Morgan fingerprint density at radius 1 is 1.26 bits per heavy atom. The fourth-order valence-electron chi connectivity index (χ4n) is 3.37. The minimum atomic E-state index is -0.986. The van der Waals surface area contributed by atoms with E-state index in [1.165, 1.54) is 5.56 Å². The lowest BCUT2D eigenvalue weighted by Crippen LogP contribution is -2.46. The molecule has 4 nitrogen and oxygen atoms in total. The molecule has 0 amide bonds. The second kappa shape index (κ2) is 9.69. The fraction of sp³-hybridized carbons (Fsp3) is 0.429. The molecule has 3 unspecified atom stereocenters. The maximum Gasteiger partial charge on any atom is 0.119 e. The van der Waals surface area contributed by atoms with Gasteiger partial charge < -0.3 is 14.7 Å². The van der Waals surface area contributed by atoms with Crippen LogP contribution in [0, 0.1) is 5.92 Å². The van der Waals surface area contributed by atoms with E-state index >= 15 is 0 Å². The quantitative estimate of drug-likeness (QED) is 0.764. The maximum atomic E-state index is 11.4. The van der Waals surface area contributed by atoms with Crippen molar-refractivity contribution in [3.63, 3.8) is 0 Å². The Bertz CT molecular complexity index is 768. The third-order valence-corrected chi connectivity index (χ3v) is 6.17. The molecule has 146 valence electrons. The zero-order valence-corrected chi connectivity index (χ0v) is 17.1. The summed E-state index contributed by atoms with van der Waals surface area (Å²) in [5.74, 6) is 0.825. The van der Waals surface area contributed by atoms with Gasteiger partial charge in [0, 0.05) is 52.5 Å². The summed E-state index contributed by atoms with van der Waals surface area (Å²) in [6.45, 7) is 3.14. The average molecular weight is 408 g/mol. The minimum absolute atomic E-state index is 0.0816. The van der Waals surface area contributed by atoms with Crippen molar-refractivity contribution in [3.8, 4) is 5.75 Å². The highest BCUT2D eigenvalue weighted by Gasteiger charge is 2.28. The Labute approximate surface area is 168 Å². The molecule has 1 N–H and O–H groups in total. The van der Waals surface area contributed by atoms with Crippen LogP contribution in [-0.2, 0) is 17.2 Å². The number of aliphatic hydroxyl groups excluding tert-OH is 1. The number of piperidine rings is 1. The van der Waals surface area contributed by atoms with Crippen molar-refractivity contribution in [2.45, 2.75) is 23.8 Å². The fourth-order valence-corrected chi connectivity index (χ4v) is 4.10. The third-order valence-electron chi connectivity index (χ3n) is 5.00. The van der Waals surface area contributed by atoms with Crippen LogP contribution < -0.4 is 4.74 Å². The summed E-state index contributed by atoms with van der Waals surface area (Å²) in [4.78, 5) is 3.16. The molecule has 0 bridgehead atoms. The van der Waals surface area contributed by atoms with Crippen molar-refractivity contribution < 1.29 is 14.1 Å². The predicted molar refractivity (Wildman–Crippen MR) is 110 cm³/mol. The van der Waals surface area contributed by atoms with Gasteiger partial charge in [-0.05, 0) is 54.8 Å². The zero-order valence-electron chi connectivity index (χ0n) is 15.5. The number of hydrogen-bond acceptors (Lipinski definition) is 4. The van der Waals surface area contributed by atoms with Crippen LogP contribution in [0.15, 0.2) is 53.4 Å². The van der Waals surface area contributed by atoms with E-state index in [0.29, 0.717) is 6.61 Å². The minimum Gasteiger partial charge on any atom is -0.493 e. The van der Waals surface area contributed by atoms with Gasteiger partial charge in [0.1, 0.15) is 5.75 Å². The summed E-state index contributed by atoms with van der Waals surface area (Å²) in [7, 11) is -0.986. The molecule has 0 aromatic heterocycles. The van der Waals surface area contributed by atoms with E-state index in [1.807, 2.05) is 42.5 Å². The first-order valence-corrected chi connectivity index (χ1v) is 11.2. The number of nitrogens with zero attached hydrogens (tertiary/aromatic N) is 1. The SMILES string of the molecule is CS(=O)c1ccc(OCC2CN(CCc3cccc(Cl)c3)CCC2O)cc1. The lowest BCUT2D eigenvalue weighted by atomic mass is 9.95. The summed E-state index contributed by atoms with van der Waals surface area (Å²) in [5.41, 5.74) is 1.23. The third kappa shape index (κ3) is 6.04. The highest BCUT2D eigenvalue weighted by molar-refractivity contribution is 7.84. The Morgan fingerprint density at radius 3 is 2.74 bits per heavy atom. The van der Waals surface area contributed by atoms with Gasteiger partial charge in [-0.3, -0.25) is 4.21 Å². The van der Waals surface area contributed by atoms with Gasteiger partial charge in [-0.25, -0.2) is 0 Å². The van der Waals surface area contributed by atoms with Crippen LogP contribution in [0.25, 0.3) is 0 Å². The standard InChI is InChI=1S/C21H26ClNO3S/c1-27(25)20-7-5-19(6-8-20)26-15-17-14-23(12-10-21(17)24)11-9-16-3-2-4-18(22)13-16/h2-8,13,17,21,24H,9-12,14-15H2,1H3. The monoisotopic (exact) mass is 407 g/mol. The van der Waals surface area contributed by atoms with E-state index in [0.717, 1.165) is 48.1 Å². The summed E-state index contributed by atoms with van der Waals surface area (Å²) in [5, 5.41) is 11.1. The first kappa shape index (κ1) is 20.3. The highest BCUT2D eigenvalue weighted by Crippen LogP contribution is 2.21. The van der Waals surface area contributed by atoms with Crippen molar-refractivity contribution in [3.05, 3.63) is 59.1 Å².